The number of hydrogen-bond donors (Lipinski definition) is 0. The van der Waals surface area contributed by atoms with Crippen molar-refractivity contribution < 1.29 is 27.5 Å². The topological polar surface area (TPSA) is 49.9 Å². The molecule has 0 bridgehead atoms. The minimum Gasteiger partial charge on any atom is -0.405 e. The van der Waals surface area contributed by atoms with Crippen LogP contribution >= 0.6 is 0 Å². The van der Waals surface area contributed by atoms with E-state index in [0.717, 1.165) is 11.3 Å². The molecule has 0 N–H and O–H groups in total. The summed E-state index contributed by atoms with van der Waals surface area (Å²) >= 11 is 0. The van der Waals surface area contributed by atoms with Crippen LogP contribution in [0.2, 0.25) is 0 Å². The van der Waals surface area contributed by atoms with Crippen molar-refractivity contribution in [2.45, 2.75) is 26.3 Å². The van der Waals surface area contributed by atoms with E-state index < -0.39 is 6.36 Å². The highest BCUT2D eigenvalue weighted by Gasteiger charge is 2.32. The van der Waals surface area contributed by atoms with E-state index in [4.69, 9.17) is 0 Å². The summed E-state index contributed by atoms with van der Waals surface area (Å²) in [5.74, 6) is -0.720. The molecule has 3 rings (SSSR count). The van der Waals surface area contributed by atoms with Crippen LogP contribution in [0, 0.1) is 0 Å². The number of benzene rings is 2. The minimum atomic E-state index is -4.80. The maximum atomic E-state index is 12.7. The molecule has 0 unspecified atom stereocenters. The predicted molar refractivity (Wildman–Crippen MR) is 97.1 cm³/mol. The Morgan fingerprint density at radius 1 is 1.18 bits per heavy atom. The molecule has 2 amide bonds. The fraction of sp³-hybridized carbons (Fsp3) is 0.300. The molecule has 0 radical (unpaired) electrons. The molecular weight excluding hydrogens is 373 g/mol. The smallest absolute Gasteiger partial charge is 0.405 e. The first-order valence-corrected chi connectivity index (χ1v) is 8.66. The third kappa shape index (κ3) is 4.27. The maximum Gasteiger partial charge on any atom is 0.573 e. The number of hydrogen-bond acceptors (Lipinski definition) is 3. The lowest BCUT2D eigenvalue weighted by Crippen LogP contribution is -2.27. The number of carbonyl (C=O) groups is 2. The Balaban J connectivity index is 1.77. The van der Waals surface area contributed by atoms with Gasteiger partial charge in [-0.2, -0.15) is 0 Å². The highest BCUT2D eigenvalue weighted by molar-refractivity contribution is 5.97. The summed E-state index contributed by atoms with van der Waals surface area (Å²) in [7, 11) is 1.52. The van der Waals surface area contributed by atoms with Gasteiger partial charge in [0.15, 0.2) is 0 Å². The highest BCUT2D eigenvalue weighted by atomic mass is 19.4. The van der Waals surface area contributed by atoms with Gasteiger partial charge in [0.1, 0.15) is 5.75 Å². The molecule has 8 heteroatoms. The monoisotopic (exact) mass is 392 g/mol. The third-order valence-electron chi connectivity index (χ3n) is 4.55. The second-order valence-corrected chi connectivity index (χ2v) is 6.58. The minimum absolute atomic E-state index is 0.0399. The van der Waals surface area contributed by atoms with E-state index in [9.17, 15) is 22.8 Å². The number of ether oxygens (including phenoxy) is 1. The molecule has 0 saturated carbocycles. The molecule has 1 heterocycles. The number of anilines is 1. The Labute approximate surface area is 160 Å². The number of alkyl halides is 3. The van der Waals surface area contributed by atoms with E-state index in [1.165, 1.54) is 37.1 Å². The van der Waals surface area contributed by atoms with Crippen LogP contribution in [0.1, 0.15) is 28.4 Å². The van der Waals surface area contributed by atoms with Crippen LogP contribution < -0.4 is 9.64 Å². The summed E-state index contributed by atoms with van der Waals surface area (Å²) in [5.41, 5.74) is 2.35. The van der Waals surface area contributed by atoms with Crippen molar-refractivity contribution in [1.82, 2.24) is 4.90 Å². The second kappa shape index (κ2) is 7.53. The molecule has 1 aliphatic heterocycles. The fourth-order valence-corrected chi connectivity index (χ4v) is 3.27. The van der Waals surface area contributed by atoms with Crippen molar-refractivity contribution in [2.75, 3.05) is 18.5 Å². The second-order valence-electron chi connectivity index (χ2n) is 6.58. The van der Waals surface area contributed by atoms with E-state index in [1.54, 1.807) is 29.2 Å². The van der Waals surface area contributed by atoms with Gasteiger partial charge in [0.05, 0.1) is 0 Å². The Bertz CT molecular complexity index is 912. The van der Waals surface area contributed by atoms with Gasteiger partial charge in [0, 0.05) is 43.9 Å². The Kier molecular flexibility index (Phi) is 5.31. The molecule has 0 fully saturated rings. The average Bonchev–Trinajstić information content (AvgIpc) is 3.05. The Morgan fingerprint density at radius 3 is 2.57 bits per heavy atom. The van der Waals surface area contributed by atoms with E-state index >= 15 is 0 Å². The molecule has 0 aliphatic carbocycles. The van der Waals surface area contributed by atoms with E-state index in [2.05, 4.69) is 4.74 Å². The first-order valence-electron chi connectivity index (χ1n) is 8.66. The van der Waals surface area contributed by atoms with Crippen LogP contribution in [0.15, 0.2) is 42.5 Å². The summed E-state index contributed by atoms with van der Waals surface area (Å²) in [5, 5.41) is 0. The van der Waals surface area contributed by atoms with Gasteiger partial charge in [-0.3, -0.25) is 9.59 Å². The normalized spacial score (nSPS) is 13.2. The molecular formula is C20H19F3N2O3. The van der Waals surface area contributed by atoms with Crippen molar-refractivity contribution in [3.63, 3.8) is 0 Å². The van der Waals surface area contributed by atoms with Gasteiger partial charge in [-0.15, -0.1) is 13.2 Å². The third-order valence-corrected chi connectivity index (χ3v) is 4.55. The number of para-hydroxylation sites is 1. The van der Waals surface area contributed by atoms with Crippen LogP contribution in [0.4, 0.5) is 18.9 Å². The molecule has 5 nitrogen and oxygen atoms in total. The van der Waals surface area contributed by atoms with Crippen LogP contribution in [0.5, 0.6) is 5.75 Å². The number of rotatable bonds is 4. The van der Waals surface area contributed by atoms with Crippen molar-refractivity contribution >= 4 is 17.5 Å². The molecule has 0 atom stereocenters. The summed E-state index contributed by atoms with van der Waals surface area (Å²) < 4.78 is 41.7. The maximum absolute atomic E-state index is 12.7. The molecule has 0 spiro atoms. The van der Waals surface area contributed by atoms with E-state index in [0.29, 0.717) is 18.5 Å². The van der Waals surface area contributed by atoms with Crippen LogP contribution in [0.3, 0.4) is 0 Å². The molecule has 0 saturated heterocycles. The van der Waals surface area contributed by atoms with Gasteiger partial charge in [-0.1, -0.05) is 18.2 Å². The number of amides is 2. The average molecular weight is 392 g/mol. The fourth-order valence-electron chi connectivity index (χ4n) is 3.27. The molecule has 2 aromatic rings. The van der Waals surface area contributed by atoms with Gasteiger partial charge in [0.2, 0.25) is 5.91 Å². The molecule has 148 valence electrons. The number of carbonyl (C=O) groups excluding carboxylic acids is 2. The summed E-state index contributed by atoms with van der Waals surface area (Å²) in [6.07, 6.45) is -4.15. The first-order chi connectivity index (χ1) is 13.2. The number of nitrogens with zero attached hydrogens (tertiary/aromatic N) is 2. The lowest BCUT2D eigenvalue weighted by Gasteiger charge is -2.20. The summed E-state index contributed by atoms with van der Waals surface area (Å²) in [4.78, 5) is 27.4. The molecule has 28 heavy (non-hydrogen) atoms. The largest absolute Gasteiger partial charge is 0.573 e. The van der Waals surface area contributed by atoms with Crippen LogP contribution in [-0.2, 0) is 17.8 Å². The SMILES string of the molecule is CC(=O)N1CCc2cc(C(=O)N(C)Cc3ccccc3OC(F)(F)F)ccc21. The van der Waals surface area contributed by atoms with Crippen molar-refractivity contribution in [2.24, 2.45) is 0 Å². The molecule has 1 aliphatic rings. The van der Waals surface area contributed by atoms with Gasteiger partial charge in [0.25, 0.3) is 5.91 Å². The van der Waals surface area contributed by atoms with Gasteiger partial charge < -0.3 is 14.5 Å². The van der Waals surface area contributed by atoms with Gasteiger partial charge in [-0.05, 0) is 36.2 Å². The predicted octanol–water partition coefficient (Wildman–Crippen LogP) is 3.77. The van der Waals surface area contributed by atoms with Crippen LogP contribution in [0.25, 0.3) is 0 Å². The van der Waals surface area contributed by atoms with Crippen LogP contribution in [-0.4, -0.2) is 36.7 Å². The summed E-state index contributed by atoms with van der Waals surface area (Å²) in [6, 6.07) is 10.8. The zero-order valence-corrected chi connectivity index (χ0v) is 15.4. The van der Waals surface area contributed by atoms with E-state index in [1.807, 2.05) is 0 Å². The van der Waals surface area contributed by atoms with Gasteiger partial charge >= 0.3 is 6.36 Å². The van der Waals surface area contributed by atoms with Crippen molar-refractivity contribution in [3.8, 4) is 5.75 Å². The lowest BCUT2D eigenvalue weighted by molar-refractivity contribution is -0.275. The lowest BCUT2D eigenvalue weighted by atomic mass is 10.1. The van der Waals surface area contributed by atoms with Crippen molar-refractivity contribution in [1.29, 1.82) is 0 Å². The Hall–Kier alpha value is -3.03. The Morgan fingerprint density at radius 2 is 1.89 bits per heavy atom. The van der Waals surface area contributed by atoms with E-state index in [-0.39, 0.29) is 29.7 Å². The molecule has 0 aromatic heterocycles. The number of fused-ring (bicyclic) bond motifs is 1. The quantitative estimate of drug-likeness (QED) is 0.796. The highest BCUT2D eigenvalue weighted by Crippen LogP contribution is 2.30. The zero-order valence-electron chi connectivity index (χ0n) is 15.4. The molecule has 2 aromatic carbocycles. The summed E-state index contributed by atoms with van der Waals surface area (Å²) in [6.45, 7) is 2.02. The van der Waals surface area contributed by atoms with Gasteiger partial charge in [-0.25, -0.2) is 0 Å². The zero-order chi connectivity index (χ0) is 20.5. The standard InChI is InChI=1S/C20H19F3N2O3/c1-13(26)25-10-9-14-11-15(7-8-17(14)25)19(27)24(2)12-16-5-3-4-6-18(16)28-20(21,22)23/h3-8,11H,9-10,12H2,1-2H3. The van der Waals surface area contributed by atoms with Crippen molar-refractivity contribution in [3.05, 3.63) is 59.2 Å². The number of halogens is 3. The first kappa shape index (κ1) is 19.7.